The predicted octanol–water partition coefficient (Wildman–Crippen LogP) is 4.63. The van der Waals surface area contributed by atoms with Crippen LogP contribution in [0.1, 0.15) is 16.1 Å². The molecule has 1 amide bonds. The van der Waals surface area contributed by atoms with Crippen LogP contribution >= 0.6 is 11.6 Å². The van der Waals surface area contributed by atoms with Crippen molar-refractivity contribution in [1.29, 1.82) is 0 Å². The molecule has 0 saturated heterocycles. The zero-order valence-corrected chi connectivity index (χ0v) is 14.7. The molecule has 2 aromatic carbocycles. The van der Waals surface area contributed by atoms with Crippen LogP contribution in [0.2, 0.25) is 5.02 Å². The summed E-state index contributed by atoms with van der Waals surface area (Å²) in [5.41, 5.74) is 2.72. The van der Waals surface area contributed by atoms with E-state index < -0.39 is 0 Å². The summed E-state index contributed by atoms with van der Waals surface area (Å²) in [6.07, 6.45) is 1.55. The number of nitrogens with one attached hydrogen (secondary N) is 1. The minimum atomic E-state index is -0.239. The van der Waals surface area contributed by atoms with Crippen LogP contribution in [-0.4, -0.2) is 20.7 Å². The Balaban J connectivity index is 1.65. The summed E-state index contributed by atoms with van der Waals surface area (Å²) in [5, 5.41) is 8.80. The van der Waals surface area contributed by atoms with Gasteiger partial charge in [-0.3, -0.25) is 4.79 Å². The first-order valence-corrected chi connectivity index (χ1v) is 8.47. The molecule has 0 aliphatic heterocycles. The van der Waals surface area contributed by atoms with Crippen LogP contribution < -0.4 is 5.32 Å². The fraction of sp³-hybridized carbons (Fsp3) is 0.0500. The molecule has 5 nitrogen and oxygen atoms in total. The summed E-state index contributed by atoms with van der Waals surface area (Å²) in [5.74, 6) is 0.430. The highest BCUT2D eigenvalue weighted by Gasteiger charge is 2.16. The third-order valence-corrected chi connectivity index (χ3v) is 4.37. The fourth-order valence-corrected chi connectivity index (χ4v) is 2.99. The van der Waals surface area contributed by atoms with Crippen molar-refractivity contribution in [3.8, 4) is 5.82 Å². The van der Waals surface area contributed by atoms with Crippen LogP contribution in [0.15, 0.2) is 66.9 Å². The molecule has 0 spiro atoms. The Labute approximate surface area is 155 Å². The number of rotatable bonds is 3. The van der Waals surface area contributed by atoms with Crippen molar-refractivity contribution in [1.82, 2.24) is 14.8 Å². The second-order valence-corrected chi connectivity index (χ2v) is 6.32. The van der Waals surface area contributed by atoms with Gasteiger partial charge in [0.2, 0.25) is 0 Å². The van der Waals surface area contributed by atoms with E-state index in [0.29, 0.717) is 27.8 Å². The van der Waals surface area contributed by atoms with E-state index in [9.17, 15) is 4.79 Å². The van der Waals surface area contributed by atoms with E-state index in [-0.39, 0.29) is 5.91 Å². The number of fused-ring (bicyclic) bond motifs is 1. The van der Waals surface area contributed by atoms with E-state index in [4.69, 9.17) is 11.6 Å². The van der Waals surface area contributed by atoms with Gasteiger partial charge < -0.3 is 5.32 Å². The smallest absolute Gasteiger partial charge is 0.259 e. The van der Waals surface area contributed by atoms with Gasteiger partial charge in [-0.1, -0.05) is 35.9 Å². The molecule has 2 aromatic heterocycles. The van der Waals surface area contributed by atoms with Crippen molar-refractivity contribution < 1.29 is 4.79 Å². The lowest BCUT2D eigenvalue weighted by molar-refractivity contribution is 0.102. The summed E-state index contributed by atoms with van der Waals surface area (Å²) >= 11 is 5.96. The van der Waals surface area contributed by atoms with Crippen molar-refractivity contribution in [3.05, 3.63) is 83.1 Å². The Bertz CT molecular complexity index is 1120. The van der Waals surface area contributed by atoms with Gasteiger partial charge in [0.05, 0.1) is 23.0 Å². The summed E-state index contributed by atoms with van der Waals surface area (Å²) in [7, 11) is 0. The highest BCUT2D eigenvalue weighted by Crippen LogP contribution is 2.19. The highest BCUT2D eigenvalue weighted by molar-refractivity contribution is 6.31. The number of anilines is 1. The van der Waals surface area contributed by atoms with Gasteiger partial charge in [0.25, 0.3) is 5.91 Å². The van der Waals surface area contributed by atoms with Gasteiger partial charge in [0, 0.05) is 16.1 Å². The van der Waals surface area contributed by atoms with Crippen LogP contribution in [0, 0.1) is 6.92 Å². The van der Waals surface area contributed by atoms with Gasteiger partial charge in [-0.25, -0.2) is 9.67 Å². The maximum absolute atomic E-state index is 12.6. The molecule has 0 saturated carbocycles. The number of carbonyl (C=O) groups is 1. The molecule has 0 unspecified atom stereocenters. The first-order valence-electron chi connectivity index (χ1n) is 8.09. The van der Waals surface area contributed by atoms with Crippen LogP contribution in [0.4, 0.5) is 5.69 Å². The third-order valence-electron chi connectivity index (χ3n) is 4.14. The molecule has 1 N–H and O–H groups in total. The van der Waals surface area contributed by atoms with E-state index in [1.807, 2.05) is 43.3 Å². The number of hydrogen-bond donors (Lipinski definition) is 1. The Morgan fingerprint density at radius 2 is 1.92 bits per heavy atom. The Morgan fingerprint density at radius 3 is 2.77 bits per heavy atom. The number of amides is 1. The normalized spacial score (nSPS) is 10.8. The highest BCUT2D eigenvalue weighted by atomic mass is 35.5. The van der Waals surface area contributed by atoms with Gasteiger partial charge in [-0.2, -0.15) is 5.10 Å². The number of pyridine rings is 1. The SMILES string of the molecule is Cc1c(C(=O)Nc2cccc(Cl)c2)cnn1-c1ccc2ccccc2n1. The average molecular weight is 363 g/mol. The minimum Gasteiger partial charge on any atom is -0.322 e. The lowest BCUT2D eigenvalue weighted by atomic mass is 10.2. The zero-order chi connectivity index (χ0) is 18.1. The van der Waals surface area contributed by atoms with E-state index in [1.54, 1.807) is 35.1 Å². The standard InChI is InChI=1S/C20H15ClN4O/c1-13-17(20(26)23-16-7-4-6-15(21)11-16)12-22-25(13)19-10-9-14-5-2-3-8-18(14)24-19/h2-12H,1H3,(H,23,26). The molecule has 0 bridgehead atoms. The molecule has 26 heavy (non-hydrogen) atoms. The minimum absolute atomic E-state index is 0.239. The average Bonchev–Trinajstić information content (AvgIpc) is 3.03. The van der Waals surface area contributed by atoms with Crippen LogP contribution in [-0.2, 0) is 0 Å². The maximum Gasteiger partial charge on any atom is 0.259 e. The van der Waals surface area contributed by atoms with Gasteiger partial charge >= 0.3 is 0 Å². The fourth-order valence-electron chi connectivity index (χ4n) is 2.80. The molecular weight excluding hydrogens is 348 g/mol. The summed E-state index contributed by atoms with van der Waals surface area (Å²) in [6, 6.07) is 18.8. The molecule has 0 atom stereocenters. The third kappa shape index (κ3) is 3.05. The van der Waals surface area contributed by atoms with Gasteiger partial charge in [0.15, 0.2) is 5.82 Å². The van der Waals surface area contributed by atoms with E-state index in [0.717, 1.165) is 10.9 Å². The lowest BCUT2D eigenvalue weighted by Crippen LogP contribution is -2.13. The molecule has 0 aliphatic rings. The molecule has 0 radical (unpaired) electrons. The number of halogens is 1. The number of aromatic nitrogens is 3. The second-order valence-electron chi connectivity index (χ2n) is 5.88. The van der Waals surface area contributed by atoms with Crippen LogP contribution in [0.25, 0.3) is 16.7 Å². The molecule has 4 aromatic rings. The Kier molecular flexibility index (Phi) is 4.14. The zero-order valence-electron chi connectivity index (χ0n) is 14.0. The lowest BCUT2D eigenvalue weighted by Gasteiger charge is -2.07. The number of hydrogen-bond acceptors (Lipinski definition) is 3. The van der Waals surface area contributed by atoms with E-state index in [2.05, 4.69) is 15.4 Å². The molecular formula is C20H15ClN4O. The predicted molar refractivity (Wildman–Crippen MR) is 103 cm³/mol. The topological polar surface area (TPSA) is 59.8 Å². The van der Waals surface area contributed by atoms with E-state index in [1.165, 1.54) is 0 Å². The quantitative estimate of drug-likeness (QED) is 0.577. The second kappa shape index (κ2) is 6.61. The van der Waals surface area contributed by atoms with E-state index >= 15 is 0 Å². The van der Waals surface area contributed by atoms with Gasteiger partial charge in [0.1, 0.15) is 0 Å². The van der Waals surface area contributed by atoms with Gasteiger partial charge in [-0.05, 0) is 43.3 Å². The largest absolute Gasteiger partial charge is 0.322 e. The number of nitrogens with zero attached hydrogens (tertiary/aromatic N) is 3. The first-order chi connectivity index (χ1) is 12.6. The van der Waals surface area contributed by atoms with Crippen LogP contribution in [0.3, 0.4) is 0 Å². The summed E-state index contributed by atoms with van der Waals surface area (Å²) < 4.78 is 1.67. The molecule has 2 heterocycles. The Hall–Kier alpha value is -3.18. The van der Waals surface area contributed by atoms with Crippen molar-refractivity contribution in [2.24, 2.45) is 0 Å². The summed E-state index contributed by atoms with van der Waals surface area (Å²) in [6.45, 7) is 1.84. The van der Waals surface area contributed by atoms with Crippen molar-refractivity contribution in [2.45, 2.75) is 6.92 Å². The molecule has 6 heteroatoms. The number of benzene rings is 2. The number of carbonyl (C=O) groups excluding carboxylic acids is 1. The monoisotopic (exact) mass is 362 g/mol. The molecule has 4 rings (SSSR count). The van der Waals surface area contributed by atoms with Crippen molar-refractivity contribution in [2.75, 3.05) is 5.32 Å². The molecule has 128 valence electrons. The maximum atomic E-state index is 12.6. The van der Waals surface area contributed by atoms with Crippen molar-refractivity contribution in [3.63, 3.8) is 0 Å². The van der Waals surface area contributed by atoms with Crippen LogP contribution in [0.5, 0.6) is 0 Å². The molecule has 0 fully saturated rings. The van der Waals surface area contributed by atoms with Gasteiger partial charge in [-0.15, -0.1) is 0 Å². The Morgan fingerprint density at radius 1 is 1.08 bits per heavy atom. The number of para-hydroxylation sites is 1. The molecule has 0 aliphatic carbocycles. The van der Waals surface area contributed by atoms with Crippen molar-refractivity contribution >= 4 is 34.1 Å². The summed E-state index contributed by atoms with van der Waals surface area (Å²) in [4.78, 5) is 17.2. The first kappa shape index (κ1) is 16.3.